The molecule has 0 spiro atoms. The standard InChI is InChI=1S/C10H21NO4/c1-7(6-12)5-8(13)11-9(14)15-10(2,3)4/h7-8,12-13H,5-6H2,1-4H3,(H,11,14)/t7-,8-/m0/s1. The molecular weight excluding hydrogens is 198 g/mol. The van der Waals surface area contributed by atoms with E-state index in [0.29, 0.717) is 6.42 Å². The van der Waals surface area contributed by atoms with Crippen molar-refractivity contribution in [2.45, 2.75) is 45.9 Å². The minimum absolute atomic E-state index is 0.0208. The fourth-order valence-electron chi connectivity index (χ4n) is 0.958. The molecule has 0 saturated heterocycles. The zero-order chi connectivity index (χ0) is 12.1. The number of aliphatic hydroxyl groups is 2. The third-order valence-electron chi connectivity index (χ3n) is 1.62. The normalized spacial score (nSPS) is 15.6. The number of nitrogens with one attached hydrogen (secondary N) is 1. The molecule has 0 aromatic heterocycles. The summed E-state index contributed by atoms with van der Waals surface area (Å²) in [6.45, 7) is 6.99. The largest absolute Gasteiger partial charge is 0.444 e. The van der Waals surface area contributed by atoms with Gasteiger partial charge in [0.05, 0.1) is 0 Å². The van der Waals surface area contributed by atoms with Gasteiger partial charge in [-0.2, -0.15) is 0 Å². The predicted octanol–water partition coefficient (Wildman–Crippen LogP) is 0.848. The van der Waals surface area contributed by atoms with Gasteiger partial charge in [-0.15, -0.1) is 0 Å². The number of hydrogen-bond donors (Lipinski definition) is 3. The van der Waals surface area contributed by atoms with Crippen LogP contribution < -0.4 is 5.32 Å². The Hall–Kier alpha value is -0.810. The van der Waals surface area contributed by atoms with E-state index in [1.807, 2.05) is 0 Å². The van der Waals surface area contributed by atoms with E-state index in [0.717, 1.165) is 0 Å². The van der Waals surface area contributed by atoms with Crippen LogP contribution in [0.25, 0.3) is 0 Å². The molecule has 0 rings (SSSR count). The number of ether oxygens (including phenoxy) is 1. The highest BCUT2D eigenvalue weighted by Crippen LogP contribution is 2.08. The van der Waals surface area contributed by atoms with Crippen LogP contribution in [0.5, 0.6) is 0 Å². The maximum Gasteiger partial charge on any atom is 0.409 e. The highest BCUT2D eigenvalue weighted by atomic mass is 16.6. The minimum atomic E-state index is -0.984. The van der Waals surface area contributed by atoms with Crippen LogP contribution >= 0.6 is 0 Å². The molecule has 0 aliphatic rings. The molecule has 0 fully saturated rings. The first-order valence-electron chi connectivity index (χ1n) is 5.03. The molecule has 5 heteroatoms. The highest BCUT2D eigenvalue weighted by Gasteiger charge is 2.19. The molecule has 0 heterocycles. The molecule has 90 valence electrons. The number of alkyl carbamates (subject to hydrolysis) is 1. The van der Waals surface area contributed by atoms with Crippen LogP contribution in [0.4, 0.5) is 4.79 Å². The van der Waals surface area contributed by atoms with Crippen LogP contribution in [0, 0.1) is 5.92 Å². The topological polar surface area (TPSA) is 78.8 Å². The SMILES string of the molecule is C[C@H](CO)C[C@H](O)NC(=O)OC(C)(C)C. The number of carbonyl (C=O) groups excluding carboxylic acids is 1. The van der Waals surface area contributed by atoms with Crippen molar-refractivity contribution in [3.63, 3.8) is 0 Å². The zero-order valence-corrected chi connectivity index (χ0v) is 9.78. The van der Waals surface area contributed by atoms with Crippen molar-refractivity contribution >= 4 is 6.09 Å². The molecule has 0 saturated carbocycles. The zero-order valence-electron chi connectivity index (χ0n) is 9.78. The van der Waals surface area contributed by atoms with E-state index < -0.39 is 17.9 Å². The van der Waals surface area contributed by atoms with Gasteiger partial charge >= 0.3 is 6.09 Å². The molecule has 15 heavy (non-hydrogen) atoms. The molecule has 0 radical (unpaired) electrons. The fourth-order valence-corrected chi connectivity index (χ4v) is 0.958. The maximum absolute atomic E-state index is 11.2. The van der Waals surface area contributed by atoms with Crippen LogP contribution in [0.15, 0.2) is 0 Å². The molecule has 1 amide bonds. The Kier molecular flexibility index (Phi) is 5.60. The second kappa shape index (κ2) is 5.92. The lowest BCUT2D eigenvalue weighted by molar-refractivity contribution is 0.0297. The second-order valence-corrected chi connectivity index (χ2v) is 4.69. The number of carbonyl (C=O) groups is 1. The third-order valence-corrected chi connectivity index (χ3v) is 1.62. The van der Waals surface area contributed by atoms with E-state index in [1.54, 1.807) is 27.7 Å². The van der Waals surface area contributed by atoms with Crippen molar-refractivity contribution in [3.05, 3.63) is 0 Å². The number of amides is 1. The van der Waals surface area contributed by atoms with Gasteiger partial charge < -0.3 is 14.9 Å². The summed E-state index contributed by atoms with van der Waals surface area (Å²) >= 11 is 0. The second-order valence-electron chi connectivity index (χ2n) is 4.69. The van der Waals surface area contributed by atoms with Crippen molar-refractivity contribution < 1.29 is 19.7 Å². The van der Waals surface area contributed by atoms with E-state index in [4.69, 9.17) is 9.84 Å². The molecule has 0 aliphatic carbocycles. The first-order valence-corrected chi connectivity index (χ1v) is 5.03. The lowest BCUT2D eigenvalue weighted by atomic mass is 10.1. The van der Waals surface area contributed by atoms with Crippen LogP contribution in [0.3, 0.4) is 0 Å². The summed E-state index contributed by atoms with van der Waals surface area (Å²) in [5.74, 6) is -0.0602. The van der Waals surface area contributed by atoms with Crippen LogP contribution in [0.1, 0.15) is 34.1 Å². The van der Waals surface area contributed by atoms with Crippen molar-refractivity contribution in [2.24, 2.45) is 5.92 Å². The van der Waals surface area contributed by atoms with Crippen LogP contribution in [0.2, 0.25) is 0 Å². The molecule has 0 aromatic rings. The maximum atomic E-state index is 11.2. The van der Waals surface area contributed by atoms with Gasteiger partial charge in [0, 0.05) is 6.61 Å². The fraction of sp³-hybridized carbons (Fsp3) is 0.900. The van der Waals surface area contributed by atoms with Crippen LogP contribution in [-0.4, -0.2) is 34.7 Å². The molecule has 3 N–H and O–H groups in total. The first kappa shape index (κ1) is 14.2. The summed E-state index contributed by atoms with van der Waals surface area (Å²) in [5, 5.41) is 20.4. The van der Waals surface area contributed by atoms with Gasteiger partial charge in [0.1, 0.15) is 11.8 Å². The monoisotopic (exact) mass is 219 g/mol. The number of rotatable bonds is 4. The minimum Gasteiger partial charge on any atom is -0.444 e. The molecular formula is C10H21NO4. The third kappa shape index (κ3) is 8.20. The van der Waals surface area contributed by atoms with Gasteiger partial charge in [0.25, 0.3) is 0 Å². The van der Waals surface area contributed by atoms with Crippen molar-refractivity contribution in [1.82, 2.24) is 5.32 Å². The molecule has 2 atom stereocenters. The lowest BCUT2D eigenvalue weighted by Crippen LogP contribution is -2.40. The van der Waals surface area contributed by atoms with Gasteiger partial charge in [-0.1, -0.05) is 6.92 Å². The molecule has 0 aromatic carbocycles. The van der Waals surface area contributed by atoms with E-state index in [9.17, 15) is 9.90 Å². The predicted molar refractivity (Wildman–Crippen MR) is 56.2 cm³/mol. The molecule has 0 aliphatic heterocycles. The van der Waals surface area contributed by atoms with Crippen LogP contribution in [-0.2, 0) is 4.74 Å². The Bertz CT molecular complexity index is 200. The van der Waals surface area contributed by atoms with E-state index in [1.165, 1.54) is 0 Å². The Balaban J connectivity index is 3.87. The van der Waals surface area contributed by atoms with E-state index >= 15 is 0 Å². The summed E-state index contributed by atoms with van der Waals surface area (Å²) in [6.07, 6.45) is -1.34. The smallest absolute Gasteiger partial charge is 0.409 e. The van der Waals surface area contributed by atoms with Gasteiger partial charge in [-0.3, -0.25) is 5.32 Å². The quantitative estimate of drug-likeness (QED) is 0.612. The Labute approximate surface area is 90.4 Å². The van der Waals surface area contributed by atoms with E-state index in [-0.39, 0.29) is 12.5 Å². The van der Waals surface area contributed by atoms with Crippen molar-refractivity contribution in [1.29, 1.82) is 0 Å². The Morgan fingerprint density at radius 3 is 2.40 bits per heavy atom. The molecule has 0 bridgehead atoms. The summed E-state index contributed by atoms with van der Waals surface area (Å²) in [4.78, 5) is 11.2. The van der Waals surface area contributed by atoms with Gasteiger partial charge in [0.2, 0.25) is 0 Å². The average molecular weight is 219 g/mol. The molecule has 5 nitrogen and oxygen atoms in total. The lowest BCUT2D eigenvalue weighted by Gasteiger charge is -2.22. The highest BCUT2D eigenvalue weighted by molar-refractivity contribution is 5.67. The Morgan fingerprint density at radius 1 is 1.47 bits per heavy atom. The summed E-state index contributed by atoms with van der Waals surface area (Å²) < 4.78 is 4.95. The van der Waals surface area contributed by atoms with Gasteiger partial charge in [-0.05, 0) is 33.1 Å². The number of hydrogen-bond acceptors (Lipinski definition) is 4. The summed E-state index contributed by atoms with van der Waals surface area (Å²) in [7, 11) is 0. The summed E-state index contributed by atoms with van der Waals surface area (Å²) in [5.41, 5.74) is -0.577. The Morgan fingerprint density at radius 2 is 2.00 bits per heavy atom. The summed E-state index contributed by atoms with van der Waals surface area (Å²) in [6, 6.07) is 0. The average Bonchev–Trinajstić information content (AvgIpc) is 1.99. The van der Waals surface area contributed by atoms with Gasteiger partial charge in [-0.25, -0.2) is 4.79 Å². The first-order chi connectivity index (χ1) is 6.74. The van der Waals surface area contributed by atoms with Gasteiger partial charge in [0.15, 0.2) is 0 Å². The molecule has 0 unspecified atom stereocenters. The van der Waals surface area contributed by atoms with Crippen molar-refractivity contribution in [2.75, 3.05) is 6.61 Å². The van der Waals surface area contributed by atoms with E-state index in [2.05, 4.69) is 5.32 Å². The van der Waals surface area contributed by atoms with Crippen molar-refractivity contribution in [3.8, 4) is 0 Å². The number of aliphatic hydroxyl groups excluding tert-OH is 2.